The molecule has 1 fully saturated rings. The van der Waals surface area contributed by atoms with Crippen LogP contribution in [-0.2, 0) is 6.54 Å². The van der Waals surface area contributed by atoms with E-state index < -0.39 is 0 Å². The molecule has 3 heteroatoms. The van der Waals surface area contributed by atoms with Gasteiger partial charge in [-0.25, -0.2) is 0 Å². The maximum Gasteiger partial charge on any atom is 0.0635 e. The Morgan fingerprint density at radius 3 is 2.76 bits per heavy atom. The van der Waals surface area contributed by atoms with Gasteiger partial charge >= 0.3 is 0 Å². The van der Waals surface area contributed by atoms with Crippen LogP contribution in [0.4, 0.5) is 5.69 Å². The van der Waals surface area contributed by atoms with Crippen LogP contribution < -0.4 is 10.2 Å². The van der Waals surface area contributed by atoms with Gasteiger partial charge in [-0.3, -0.25) is 0 Å². The van der Waals surface area contributed by atoms with Crippen LogP contribution in [0.3, 0.4) is 0 Å². The van der Waals surface area contributed by atoms with Crippen LogP contribution in [0.15, 0.2) is 18.2 Å². The Morgan fingerprint density at radius 1 is 1.29 bits per heavy atom. The fraction of sp³-hybridized carbons (Fsp3) is 0.667. The fourth-order valence-electron chi connectivity index (χ4n) is 3.08. The third-order valence-electron chi connectivity index (χ3n) is 4.45. The van der Waals surface area contributed by atoms with Gasteiger partial charge in [0.05, 0.1) is 12.6 Å². The number of nitrogens with zero attached hydrogens (tertiary/aromatic N) is 1. The van der Waals surface area contributed by atoms with E-state index in [0.29, 0.717) is 6.04 Å². The highest BCUT2D eigenvalue weighted by Crippen LogP contribution is 2.26. The number of anilines is 1. The molecule has 0 aliphatic carbocycles. The van der Waals surface area contributed by atoms with Gasteiger partial charge in [0, 0.05) is 24.8 Å². The molecule has 2 rings (SSSR count). The van der Waals surface area contributed by atoms with Crippen molar-refractivity contribution in [3.05, 3.63) is 29.3 Å². The van der Waals surface area contributed by atoms with Gasteiger partial charge in [-0.1, -0.05) is 32.8 Å². The van der Waals surface area contributed by atoms with E-state index in [0.717, 1.165) is 19.5 Å². The quantitative estimate of drug-likeness (QED) is 0.874. The summed E-state index contributed by atoms with van der Waals surface area (Å²) in [6.45, 7) is 8.78. The van der Waals surface area contributed by atoms with Gasteiger partial charge in [0.2, 0.25) is 0 Å². The molecule has 0 radical (unpaired) electrons. The zero-order valence-corrected chi connectivity index (χ0v) is 13.7. The molecule has 21 heavy (non-hydrogen) atoms. The molecule has 1 atom stereocenters. The highest BCUT2D eigenvalue weighted by atomic mass is 16.3. The standard InChI is InChI=1S/C18H30N2O/c1-14(2)19-12-16-8-9-17(11-15(16)3)20-10-6-4-5-7-18(20)13-21/h8-9,11,14,18-19,21H,4-7,10,12-13H2,1-3H3. The topological polar surface area (TPSA) is 35.5 Å². The Hall–Kier alpha value is -1.06. The van der Waals surface area contributed by atoms with Crippen molar-refractivity contribution in [3.8, 4) is 0 Å². The first-order valence-electron chi connectivity index (χ1n) is 8.32. The van der Waals surface area contributed by atoms with E-state index in [2.05, 4.69) is 49.2 Å². The number of aryl methyl sites for hydroxylation is 1. The summed E-state index contributed by atoms with van der Waals surface area (Å²) in [6, 6.07) is 7.53. The van der Waals surface area contributed by atoms with E-state index in [-0.39, 0.29) is 12.6 Å². The van der Waals surface area contributed by atoms with Crippen LogP contribution in [0.2, 0.25) is 0 Å². The van der Waals surface area contributed by atoms with Crippen LogP contribution >= 0.6 is 0 Å². The number of hydrogen-bond acceptors (Lipinski definition) is 3. The minimum Gasteiger partial charge on any atom is -0.394 e. The molecule has 0 saturated carbocycles. The van der Waals surface area contributed by atoms with Crippen molar-refractivity contribution in [3.63, 3.8) is 0 Å². The van der Waals surface area contributed by atoms with E-state index >= 15 is 0 Å². The van der Waals surface area contributed by atoms with Crippen LogP contribution in [0, 0.1) is 6.92 Å². The lowest BCUT2D eigenvalue weighted by Gasteiger charge is -2.31. The van der Waals surface area contributed by atoms with E-state index in [1.165, 1.54) is 36.1 Å². The SMILES string of the molecule is Cc1cc(N2CCCCCC2CO)ccc1CNC(C)C. The molecule has 118 valence electrons. The summed E-state index contributed by atoms with van der Waals surface area (Å²) < 4.78 is 0. The molecule has 1 aliphatic rings. The van der Waals surface area contributed by atoms with Crippen molar-refractivity contribution in [1.82, 2.24) is 5.32 Å². The maximum atomic E-state index is 9.67. The van der Waals surface area contributed by atoms with Crippen molar-refractivity contribution < 1.29 is 5.11 Å². The lowest BCUT2D eigenvalue weighted by Crippen LogP contribution is -2.37. The van der Waals surface area contributed by atoms with E-state index in [1.807, 2.05) is 0 Å². The summed E-state index contributed by atoms with van der Waals surface area (Å²) in [7, 11) is 0. The average Bonchev–Trinajstić information content (AvgIpc) is 2.70. The third-order valence-corrected chi connectivity index (χ3v) is 4.45. The number of aliphatic hydroxyl groups excluding tert-OH is 1. The van der Waals surface area contributed by atoms with Gasteiger partial charge in [0.1, 0.15) is 0 Å². The van der Waals surface area contributed by atoms with Crippen molar-refractivity contribution in [1.29, 1.82) is 0 Å². The zero-order chi connectivity index (χ0) is 15.2. The third kappa shape index (κ3) is 4.45. The Labute approximate surface area is 129 Å². The first-order chi connectivity index (χ1) is 10.1. The summed E-state index contributed by atoms with van der Waals surface area (Å²) >= 11 is 0. The molecule has 0 bridgehead atoms. The fourth-order valence-corrected chi connectivity index (χ4v) is 3.08. The van der Waals surface area contributed by atoms with Crippen LogP contribution in [0.25, 0.3) is 0 Å². The van der Waals surface area contributed by atoms with Gasteiger partial charge in [-0.15, -0.1) is 0 Å². The number of hydrogen-bond donors (Lipinski definition) is 2. The average molecular weight is 290 g/mol. The number of rotatable bonds is 5. The predicted molar refractivity (Wildman–Crippen MR) is 89.8 cm³/mol. The second-order valence-electron chi connectivity index (χ2n) is 6.53. The molecule has 3 nitrogen and oxygen atoms in total. The van der Waals surface area contributed by atoms with Crippen molar-refractivity contribution in [2.24, 2.45) is 0 Å². The number of aliphatic hydroxyl groups is 1. The minimum atomic E-state index is 0.260. The Morgan fingerprint density at radius 2 is 2.10 bits per heavy atom. The van der Waals surface area contributed by atoms with Crippen LogP contribution in [-0.4, -0.2) is 30.3 Å². The minimum absolute atomic E-state index is 0.260. The molecule has 0 amide bonds. The molecule has 1 heterocycles. The molecule has 1 aliphatic heterocycles. The van der Waals surface area contributed by atoms with Gasteiger partial charge in [0.15, 0.2) is 0 Å². The maximum absolute atomic E-state index is 9.67. The first-order valence-corrected chi connectivity index (χ1v) is 8.32. The normalized spacial score (nSPS) is 19.9. The summed E-state index contributed by atoms with van der Waals surface area (Å²) in [4.78, 5) is 2.40. The molecule has 0 aromatic heterocycles. The van der Waals surface area contributed by atoms with Gasteiger partial charge < -0.3 is 15.3 Å². The van der Waals surface area contributed by atoms with E-state index in [9.17, 15) is 5.11 Å². The number of nitrogens with one attached hydrogen (secondary N) is 1. The molecular formula is C18H30N2O. The first kappa shape index (κ1) is 16.3. The van der Waals surface area contributed by atoms with Gasteiger partial charge in [-0.05, 0) is 43.0 Å². The second kappa shape index (κ2) is 7.81. The monoisotopic (exact) mass is 290 g/mol. The summed E-state index contributed by atoms with van der Waals surface area (Å²) in [5.74, 6) is 0. The highest BCUT2D eigenvalue weighted by Gasteiger charge is 2.20. The Bertz CT molecular complexity index is 445. The largest absolute Gasteiger partial charge is 0.394 e. The van der Waals surface area contributed by atoms with Crippen molar-refractivity contribution in [2.75, 3.05) is 18.1 Å². The van der Waals surface area contributed by atoms with E-state index in [4.69, 9.17) is 0 Å². The molecule has 1 aromatic carbocycles. The van der Waals surface area contributed by atoms with Crippen molar-refractivity contribution >= 4 is 5.69 Å². The lowest BCUT2D eigenvalue weighted by atomic mass is 10.1. The Balaban J connectivity index is 2.13. The number of benzene rings is 1. The molecule has 2 N–H and O–H groups in total. The summed E-state index contributed by atoms with van der Waals surface area (Å²) in [5, 5.41) is 13.1. The molecule has 1 unspecified atom stereocenters. The zero-order valence-electron chi connectivity index (χ0n) is 13.7. The predicted octanol–water partition coefficient (Wildman–Crippen LogP) is 3.23. The van der Waals surface area contributed by atoms with Crippen LogP contribution in [0.5, 0.6) is 0 Å². The second-order valence-corrected chi connectivity index (χ2v) is 6.53. The van der Waals surface area contributed by atoms with E-state index in [1.54, 1.807) is 0 Å². The van der Waals surface area contributed by atoms with Crippen molar-refractivity contribution in [2.45, 2.75) is 65.1 Å². The Kier molecular flexibility index (Phi) is 6.07. The molecule has 1 saturated heterocycles. The smallest absolute Gasteiger partial charge is 0.0635 e. The summed E-state index contributed by atoms with van der Waals surface area (Å²) in [5.41, 5.74) is 3.96. The molecule has 1 aromatic rings. The highest BCUT2D eigenvalue weighted by molar-refractivity contribution is 5.52. The molecular weight excluding hydrogens is 260 g/mol. The molecule has 0 spiro atoms. The summed E-state index contributed by atoms with van der Waals surface area (Å²) in [6.07, 6.45) is 4.85. The van der Waals surface area contributed by atoms with Gasteiger partial charge in [0.25, 0.3) is 0 Å². The van der Waals surface area contributed by atoms with Crippen LogP contribution in [0.1, 0.15) is 50.7 Å². The lowest BCUT2D eigenvalue weighted by molar-refractivity contribution is 0.255. The van der Waals surface area contributed by atoms with Gasteiger partial charge in [-0.2, -0.15) is 0 Å².